The second-order valence-electron chi connectivity index (χ2n) is 5.74. The maximum atomic E-state index is 12.0. The quantitative estimate of drug-likeness (QED) is 0.547. The summed E-state index contributed by atoms with van der Waals surface area (Å²) >= 11 is 0. The summed E-state index contributed by atoms with van der Waals surface area (Å²) in [5.74, 6) is -1.22. The predicted molar refractivity (Wildman–Crippen MR) is 91.5 cm³/mol. The fraction of sp³-hybridized carbons (Fsp3) is 0.429. The molecule has 1 fully saturated rings. The fourth-order valence-electron chi connectivity index (χ4n) is 2.61. The number of hydrogen-bond acceptors (Lipinski definition) is 8. The molecule has 136 valence electrons. The molecule has 1 aliphatic heterocycles. The first-order valence-electron chi connectivity index (χ1n) is 7.48. The third kappa shape index (κ3) is 4.31. The molecule has 1 unspecified atom stereocenters. The van der Waals surface area contributed by atoms with Gasteiger partial charge >= 0.3 is 0 Å². The van der Waals surface area contributed by atoms with E-state index in [1.165, 1.54) is 6.92 Å². The Morgan fingerprint density at radius 2 is 2.08 bits per heavy atom. The molecule has 1 aromatic heterocycles. The molecule has 1 atom stereocenters. The first kappa shape index (κ1) is 18.8. The smallest absolute Gasteiger partial charge is 0.261 e. The monoisotopic (exact) mass is 368 g/mol. The highest BCUT2D eigenvalue weighted by atomic mass is 32.2. The summed E-state index contributed by atoms with van der Waals surface area (Å²) in [6, 6.07) is 1.59. The third-order valence-corrected chi connectivity index (χ3v) is 5.19. The first-order valence-corrected chi connectivity index (χ1v) is 9.09. The van der Waals surface area contributed by atoms with Gasteiger partial charge in [-0.1, -0.05) is 0 Å². The van der Waals surface area contributed by atoms with Crippen LogP contribution >= 0.6 is 0 Å². The fourth-order valence-corrected chi connectivity index (χ4v) is 3.44. The summed E-state index contributed by atoms with van der Waals surface area (Å²) in [5, 5.41) is 14.6. The summed E-state index contributed by atoms with van der Waals surface area (Å²) in [7, 11) is -3.63. The number of sulfonamides is 1. The minimum absolute atomic E-state index is 0.00820. The minimum atomic E-state index is -3.63. The molecule has 10 nitrogen and oxygen atoms in total. The van der Waals surface area contributed by atoms with Gasteiger partial charge < -0.3 is 10.6 Å². The predicted octanol–water partition coefficient (Wildman–Crippen LogP) is -1.39. The van der Waals surface area contributed by atoms with E-state index < -0.39 is 27.1 Å². The van der Waals surface area contributed by atoms with Gasteiger partial charge in [-0.2, -0.15) is 5.10 Å². The van der Waals surface area contributed by atoms with E-state index in [2.05, 4.69) is 15.5 Å². The largest absolute Gasteiger partial charge is 0.404 e. The summed E-state index contributed by atoms with van der Waals surface area (Å²) < 4.78 is 23.0. The zero-order valence-electron chi connectivity index (χ0n) is 13.9. The first-order chi connectivity index (χ1) is 11.6. The van der Waals surface area contributed by atoms with Crippen molar-refractivity contribution in [1.29, 1.82) is 0 Å². The SMILES string of the molecule is CC(=O)NC(=O)/C(=C\N)c1cc(N2CCC(S(N)(=O)=O)C2)c(C)nn1. The molecule has 2 heterocycles. The van der Waals surface area contributed by atoms with Crippen LogP contribution in [0.25, 0.3) is 5.57 Å². The Balaban J connectivity index is 2.32. The zero-order valence-corrected chi connectivity index (χ0v) is 14.7. The second-order valence-corrected chi connectivity index (χ2v) is 7.58. The molecule has 2 rings (SSSR count). The van der Waals surface area contributed by atoms with Crippen molar-refractivity contribution in [2.75, 3.05) is 18.0 Å². The number of carbonyl (C=O) groups excluding carboxylic acids is 2. The van der Waals surface area contributed by atoms with Crippen molar-refractivity contribution >= 4 is 33.1 Å². The van der Waals surface area contributed by atoms with Crippen LogP contribution in [0.3, 0.4) is 0 Å². The van der Waals surface area contributed by atoms with Crippen LogP contribution < -0.4 is 21.1 Å². The van der Waals surface area contributed by atoms with E-state index in [-0.39, 0.29) is 17.8 Å². The summed E-state index contributed by atoms with van der Waals surface area (Å²) in [6.45, 7) is 3.63. The van der Waals surface area contributed by atoms with Crippen LogP contribution in [-0.2, 0) is 19.6 Å². The molecule has 0 bridgehead atoms. The van der Waals surface area contributed by atoms with Crippen molar-refractivity contribution in [2.45, 2.75) is 25.5 Å². The minimum Gasteiger partial charge on any atom is -0.404 e. The van der Waals surface area contributed by atoms with Crippen LogP contribution in [0.5, 0.6) is 0 Å². The number of anilines is 1. The maximum absolute atomic E-state index is 12.0. The molecule has 1 aliphatic rings. The number of nitrogens with zero attached hydrogens (tertiary/aromatic N) is 3. The van der Waals surface area contributed by atoms with E-state index in [0.717, 1.165) is 6.20 Å². The van der Waals surface area contributed by atoms with Gasteiger partial charge in [-0.3, -0.25) is 14.9 Å². The van der Waals surface area contributed by atoms with Gasteiger partial charge in [-0.25, -0.2) is 13.6 Å². The molecular weight excluding hydrogens is 348 g/mol. The van der Waals surface area contributed by atoms with Crippen molar-refractivity contribution < 1.29 is 18.0 Å². The van der Waals surface area contributed by atoms with Crippen LogP contribution in [-0.4, -0.2) is 48.8 Å². The van der Waals surface area contributed by atoms with Gasteiger partial charge in [0.15, 0.2) is 0 Å². The molecule has 1 saturated heterocycles. The number of imide groups is 1. The van der Waals surface area contributed by atoms with Gasteiger partial charge in [0.25, 0.3) is 5.91 Å². The van der Waals surface area contributed by atoms with Gasteiger partial charge in [0.2, 0.25) is 15.9 Å². The second kappa shape index (κ2) is 7.15. The Morgan fingerprint density at radius 1 is 1.40 bits per heavy atom. The van der Waals surface area contributed by atoms with Crippen molar-refractivity contribution in [2.24, 2.45) is 10.9 Å². The highest BCUT2D eigenvalue weighted by Gasteiger charge is 2.32. The molecule has 1 aromatic rings. The standard InChI is InChI=1S/C14H20N6O4S/c1-8-13(20-4-3-10(7-20)25(16,23)24)5-12(19-18-8)11(6-15)14(22)17-9(2)21/h5-6,10H,3-4,7,15H2,1-2H3,(H2,16,23,24)(H,17,21,22)/b11-6-. The molecule has 0 radical (unpaired) electrons. The van der Waals surface area contributed by atoms with Gasteiger partial charge in [0.1, 0.15) is 5.69 Å². The number of nitrogens with one attached hydrogen (secondary N) is 1. The zero-order chi connectivity index (χ0) is 18.8. The molecule has 0 aromatic carbocycles. The van der Waals surface area contributed by atoms with Gasteiger partial charge in [-0.05, 0) is 19.4 Å². The average molecular weight is 368 g/mol. The van der Waals surface area contributed by atoms with Crippen molar-refractivity contribution in [3.63, 3.8) is 0 Å². The molecule has 5 N–H and O–H groups in total. The van der Waals surface area contributed by atoms with Crippen molar-refractivity contribution in [3.8, 4) is 0 Å². The van der Waals surface area contributed by atoms with E-state index in [1.807, 2.05) is 4.90 Å². The van der Waals surface area contributed by atoms with Gasteiger partial charge in [-0.15, -0.1) is 5.10 Å². The third-order valence-electron chi connectivity index (χ3n) is 3.88. The van der Waals surface area contributed by atoms with E-state index in [4.69, 9.17) is 10.9 Å². The van der Waals surface area contributed by atoms with Crippen LogP contribution in [0, 0.1) is 6.92 Å². The molecule has 0 spiro atoms. The summed E-state index contributed by atoms with van der Waals surface area (Å²) in [4.78, 5) is 24.9. The topological polar surface area (TPSA) is 161 Å². The normalized spacial score (nSPS) is 18.3. The summed E-state index contributed by atoms with van der Waals surface area (Å²) in [5.41, 5.74) is 6.87. The van der Waals surface area contributed by atoms with Crippen LogP contribution in [0.2, 0.25) is 0 Å². The van der Waals surface area contributed by atoms with E-state index in [0.29, 0.717) is 24.3 Å². The van der Waals surface area contributed by atoms with E-state index >= 15 is 0 Å². The van der Waals surface area contributed by atoms with Gasteiger partial charge in [0.05, 0.1) is 22.2 Å². The van der Waals surface area contributed by atoms with Crippen LogP contribution in [0.15, 0.2) is 12.3 Å². The molecule has 0 saturated carbocycles. The molecule has 0 aliphatic carbocycles. The van der Waals surface area contributed by atoms with Crippen molar-refractivity contribution in [1.82, 2.24) is 15.5 Å². The number of carbonyl (C=O) groups is 2. The highest BCUT2D eigenvalue weighted by molar-refractivity contribution is 7.89. The van der Waals surface area contributed by atoms with Gasteiger partial charge in [0, 0.05) is 26.2 Å². The molecule has 25 heavy (non-hydrogen) atoms. The number of amides is 2. The van der Waals surface area contributed by atoms with Crippen LogP contribution in [0.4, 0.5) is 5.69 Å². The Kier molecular flexibility index (Phi) is 5.38. The Labute approximate surface area is 145 Å². The van der Waals surface area contributed by atoms with Crippen LogP contribution in [0.1, 0.15) is 24.7 Å². The Hall–Kier alpha value is -2.53. The number of nitrogens with two attached hydrogens (primary N) is 2. The lowest BCUT2D eigenvalue weighted by atomic mass is 10.1. The summed E-state index contributed by atoms with van der Waals surface area (Å²) in [6.07, 6.45) is 1.44. The molecule has 11 heteroatoms. The lowest BCUT2D eigenvalue weighted by Crippen LogP contribution is -2.32. The average Bonchev–Trinajstić information content (AvgIpc) is 2.98. The Morgan fingerprint density at radius 3 is 2.60 bits per heavy atom. The molecular formula is C14H20N6O4S. The highest BCUT2D eigenvalue weighted by Crippen LogP contribution is 2.27. The molecule has 2 amide bonds. The van der Waals surface area contributed by atoms with Crippen molar-refractivity contribution in [3.05, 3.63) is 23.7 Å². The van der Waals surface area contributed by atoms with E-state index in [9.17, 15) is 18.0 Å². The number of rotatable bonds is 4. The number of hydrogen-bond donors (Lipinski definition) is 3. The number of aromatic nitrogens is 2. The lowest BCUT2D eigenvalue weighted by molar-refractivity contribution is -0.126. The number of aryl methyl sites for hydroxylation is 1. The van der Waals surface area contributed by atoms with E-state index in [1.54, 1.807) is 13.0 Å². The number of primary sulfonamides is 1. The lowest BCUT2D eigenvalue weighted by Gasteiger charge is -2.20. The Bertz CT molecular complexity index is 836. The maximum Gasteiger partial charge on any atom is 0.261 e.